The summed E-state index contributed by atoms with van der Waals surface area (Å²) in [6.07, 6.45) is 2.20. The van der Waals surface area contributed by atoms with E-state index in [0.29, 0.717) is 0 Å². The van der Waals surface area contributed by atoms with E-state index in [9.17, 15) is 9.18 Å². The van der Waals surface area contributed by atoms with Crippen molar-refractivity contribution in [3.8, 4) is 0 Å². The van der Waals surface area contributed by atoms with E-state index in [1.165, 1.54) is 12.1 Å². The lowest BCUT2D eigenvalue weighted by Crippen LogP contribution is -2.51. The van der Waals surface area contributed by atoms with Gasteiger partial charge in [0.2, 0.25) is 5.91 Å². The average Bonchev–Trinajstić information content (AvgIpc) is 2.39. The largest absolute Gasteiger partial charge is 0.342 e. The highest BCUT2D eigenvalue weighted by Crippen LogP contribution is 2.21. The van der Waals surface area contributed by atoms with E-state index in [-0.39, 0.29) is 23.7 Å². The molecule has 104 valence electrons. The van der Waals surface area contributed by atoms with Gasteiger partial charge in [-0.15, -0.1) is 0 Å². The lowest BCUT2D eigenvalue weighted by molar-refractivity contribution is -0.132. The van der Waals surface area contributed by atoms with Crippen molar-refractivity contribution in [2.24, 2.45) is 0 Å². The molecule has 0 unspecified atom stereocenters. The molecule has 0 aromatic heterocycles. The Kier molecular flexibility index (Phi) is 4.20. The average molecular weight is 264 g/mol. The number of halogens is 1. The first-order valence-electron chi connectivity index (χ1n) is 6.73. The molecule has 1 aliphatic heterocycles. The molecule has 1 fully saturated rings. The van der Waals surface area contributed by atoms with E-state index in [2.05, 4.69) is 12.2 Å². The highest BCUT2D eigenvalue weighted by Gasteiger charge is 2.30. The second kappa shape index (κ2) is 5.70. The number of benzene rings is 1. The summed E-state index contributed by atoms with van der Waals surface area (Å²) in [4.78, 5) is 14.0. The molecule has 1 amide bonds. The van der Waals surface area contributed by atoms with Crippen molar-refractivity contribution >= 4 is 5.91 Å². The molecular weight excluding hydrogens is 243 g/mol. The molecule has 0 saturated carbocycles. The summed E-state index contributed by atoms with van der Waals surface area (Å²) in [6.45, 7) is 3.72. The molecule has 4 heteroatoms. The van der Waals surface area contributed by atoms with Crippen molar-refractivity contribution in [3.63, 3.8) is 0 Å². The van der Waals surface area contributed by atoms with Gasteiger partial charge in [-0.3, -0.25) is 4.79 Å². The molecule has 1 aliphatic rings. The predicted octanol–water partition coefficient (Wildman–Crippen LogP) is 1.97. The summed E-state index contributed by atoms with van der Waals surface area (Å²) in [5.41, 5.74) is 0.877. The molecule has 19 heavy (non-hydrogen) atoms. The molecule has 0 atom stereocenters. The fourth-order valence-corrected chi connectivity index (χ4v) is 2.43. The normalized spacial score (nSPS) is 18.4. The second-order valence-corrected chi connectivity index (χ2v) is 5.50. The van der Waals surface area contributed by atoms with Gasteiger partial charge in [0, 0.05) is 18.6 Å². The third-order valence-electron chi connectivity index (χ3n) is 4.07. The van der Waals surface area contributed by atoms with Crippen LogP contribution in [0, 0.1) is 5.82 Å². The Labute approximate surface area is 113 Å². The first-order chi connectivity index (χ1) is 9.02. The van der Waals surface area contributed by atoms with Crippen LogP contribution in [0.1, 0.15) is 25.3 Å². The molecule has 1 aromatic carbocycles. The number of nitrogens with zero attached hydrogens (tertiary/aromatic N) is 1. The summed E-state index contributed by atoms with van der Waals surface area (Å²) in [7, 11) is 1.96. The number of hydrogen-bond donors (Lipinski definition) is 1. The van der Waals surface area contributed by atoms with E-state index in [1.807, 2.05) is 11.9 Å². The number of likely N-dealkylation sites (tertiary alicyclic amines) is 1. The summed E-state index contributed by atoms with van der Waals surface area (Å²) >= 11 is 0. The lowest BCUT2D eigenvalue weighted by atomic mass is 9.89. The molecule has 1 aromatic rings. The number of piperidine rings is 1. The first kappa shape index (κ1) is 14.0. The third-order valence-corrected chi connectivity index (χ3v) is 4.07. The lowest BCUT2D eigenvalue weighted by Gasteiger charge is -2.39. The smallest absolute Gasteiger partial charge is 0.226 e. The Bertz CT molecular complexity index is 453. The Morgan fingerprint density at radius 1 is 1.42 bits per heavy atom. The van der Waals surface area contributed by atoms with Gasteiger partial charge < -0.3 is 10.2 Å². The minimum atomic E-state index is -0.285. The zero-order valence-corrected chi connectivity index (χ0v) is 11.6. The second-order valence-electron chi connectivity index (χ2n) is 5.50. The van der Waals surface area contributed by atoms with Crippen LogP contribution in [0.3, 0.4) is 0 Å². The van der Waals surface area contributed by atoms with Crippen molar-refractivity contribution in [1.82, 2.24) is 10.2 Å². The Morgan fingerprint density at radius 2 is 2.11 bits per heavy atom. The van der Waals surface area contributed by atoms with E-state index < -0.39 is 0 Å². The van der Waals surface area contributed by atoms with Crippen LogP contribution in [0.4, 0.5) is 4.39 Å². The number of rotatable bonds is 3. The minimum Gasteiger partial charge on any atom is -0.342 e. The van der Waals surface area contributed by atoms with Crippen LogP contribution in [-0.4, -0.2) is 36.5 Å². The zero-order valence-electron chi connectivity index (χ0n) is 11.6. The van der Waals surface area contributed by atoms with Crippen LogP contribution < -0.4 is 5.32 Å². The van der Waals surface area contributed by atoms with E-state index >= 15 is 0 Å². The monoisotopic (exact) mass is 264 g/mol. The molecule has 1 heterocycles. The number of nitrogens with one attached hydrogen (secondary N) is 1. The van der Waals surface area contributed by atoms with Gasteiger partial charge in [0.05, 0.1) is 6.42 Å². The standard InChI is InChI=1S/C15H21FN2O/c1-15(17-2)6-8-18(9-7-15)14(19)11-12-4-3-5-13(16)10-12/h3-5,10,17H,6-9,11H2,1-2H3. The summed E-state index contributed by atoms with van der Waals surface area (Å²) in [5, 5.41) is 3.31. The van der Waals surface area contributed by atoms with Crippen molar-refractivity contribution in [2.45, 2.75) is 31.7 Å². The van der Waals surface area contributed by atoms with Crippen molar-refractivity contribution in [1.29, 1.82) is 0 Å². The maximum absolute atomic E-state index is 13.1. The third kappa shape index (κ3) is 3.53. The van der Waals surface area contributed by atoms with Crippen LogP contribution >= 0.6 is 0 Å². The quantitative estimate of drug-likeness (QED) is 0.905. The maximum Gasteiger partial charge on any atom is 0.226 e. The van der Waals surface area contributed by atoms with Crippen LogP contribution in [-0.2, 0) is 11.2 Å². The molecule has 2 rings (SSSR count). The van der Waals surface area contributed by atoms with Gasteiger partial charge in [-0.2, -0.15) is 0 Å². The topological polar surface area (TPSA) is 32.3 Å². The fraction of sp³-hybridized carbons (Fsp3) is 0.533. The molecule has 0 spiro atoms. The van der Waals surface area contributed by atoms with Crippen molar-refractivity contribution in [3.05, 3.63) is 35.6 Å². The molecular formula is C15H21FN2O. The molecule has 1 saturated heterocycles. The summed E-state index contributed by atoms with van der Waals surface area (Å²) in [6, 6.07) is 6.27. The van der Waals surface area contributed by atoms with E-state index in [4.69, 9.17) is 0 Å². The van der Waals surface area contributed by atoms with Gasteiger partial charge in [-0.1, -0.05) is 12.1 Å². The Morgan fingerprint density at radius 3 is 2.68 bits per heavy atom. The van der Waals surface area contributed by atoms with Crippen LogP contribution in [0.25, 0.3) is 0 Å². The van der Waals surface area contributed by atoms with Crippen LogP contribution in [0.5, 0.6) is 0 Å². The van der Waals surface area contributed by atoms with Crippen molar-refractivity contribution < 1.29 is 9.18 Å². The Balaban J connectivity index is 1.92. The van der Waals surface area contributed by atoms with Gasteiger partial charge in [0.15, 0.2) is 0 Å². The number of amides is 1. The molecule has 1 N–H and O–H groups in total. The highest BCUT2D eigenvalue weighted by atomic mass is 19.1. The van der Waals surface area contributed by atoms with E-state index in [0.717, 1.165) is 31.5 Å². The zero-order chi connectivity index (χ0) is 13.9. The van der Waals surface area contributed by atoms with Crippen LogP contribution in [0.2, 0.25) is 0 Å². The molecule has 3 nitrogen and oxygen atoms in total. The number of carbonyl (C=O) groups excluding carboxylic acids is 1. The van der Waals surface area contributed by atoms with Gasteiger partial charge in [-0.05, 0) is 44.5 Å². The van der Waals surface area contributed by atoms with Gasteiger partial charge in [-0.25, -0.2) is 4.39 Å². The van der Waals surface area contributed by atoms with Gasteiger partial charge >= 0.3 is 0 Å². The number of hydrogen-bond acceptors (Lipinski definition) is 2. The molecule has 0 bridgehead atoms. The Hall–Kier alpha value is -1.42. The maximum atomic E-state index is 13.1. The van der Waals surface area contributed by atoms with Gasteiger partial charge in [0.1, 0.15) is 5.82 Å². The van der Waals surface area contributed by atoms with Crippen LogP contribution in [0.15, 0.2) is 24.3 Å². The molecule has 0 aliphatic carbocycles. The van der Waals surface area contributed by atoms with Crippen molar-refractivity contribution in [2.75, 3.05) is 20.1 Å². The fourth-order valence-electron chi connectivity index (χ4n) is 2.43. The minimum absolute atomic E-state index is 0.0868. The number of carbonyl (C=O) groups is 1. The highest BCUT2D eigenvalue weighted by molar-refractivity contribution is 5.78. The van der Waals surface area contributed by atoms with Gasteiger partial charge in [0.25, 0.3) is 0 Å². The first-order valence-corrected chi connectivity index (χ1v) is 6.73. The van der Waals surface area contributed by atoms with E-state index in [1.54, 1.807) is 12.1 Å². The summed E-state index contributed by atoms with van der Waals surface area (Å²) < 4.78 is 13.1. The SMILES string of the molecule is CNC1(C)CCN(C(=O)Cc2cccc(F)c2)CC1. The molecule has 0 radical (unpaired) electrons. The predicted molar refractivity (Wildman–Crippen MR) is 73.4 cm³/mol. The summed E-state index contributed by atoms with van der Waals surface area (Å²) in [5.74, 6) is -0.199.